The molecule has 0 spiro atoms. The number of anilines is 1. The summed E-state index contributed by atoms with van der Waals surface area (Å²) in [5.74, 6) is 0.697. The van der Waals surface area contributed by atoms with Crippen LogP contribution in [0.15, 0.2) is 83.7 Å². The molecule has 1 N–H and O–H groups in total. The number of fused-ring (bicyclic) bond motifs is 1. The van der Waals surface area contributed by atoms with Crippen LogP contribution in [0, 0.1) is 6.92 Å². The fourth-order valence-corrected chi connectivity index (χ4v) is 3.53. The third-order valence-electron chi connectivity index (χ3n) is 4.85. The van der Waals surface area contributed by atoms with Crippen LogP contribution in [0.3, 0.4) is 0 Å². The highest BCUT2D eigenvalue weighted by Gasteiger charge is 2.21. The quantitative estimate of drug-likeness (QED) is 0.591. The Bertz CT molecular complexity index is 1100. The van der Waals surface area contributed by atoms with E-state index in [1.54, 1.807) is 4.57 Å². The molecule has 0 aliphatic heterocycles. The van der Waals surface area contributed by atoms with E-state index < -0.39 is 0 Å². The summed E-state index contributed by atoms with van der Waals surface area (Å²) in [5.41, 5.74) is 3.69. The number of rotatable bonds is 4. The van der Waals surface area contributed by atoms with Gasteiger partial charge < -0.3 is 5.32 Å². The van der Waals surface area contributed by atoms with Crippen LogP contribution in [0.4, 0.5) is 5.69 Å². The van der Waals surface area contributed by atoms with E-state index in [1.807, 2.05) is 68.6 Å². The molecule has 3 aromatic carbocycles. The van der Waals surface area contributed by atoms with Crippen LogP contribution < -0.4 is 10.9 Å². The van der Waals surface area contributed by atoms with Gasteiger partial charge in [0.25, 0.3) is 5.56 Å². The highest BCUT2D eigenvalue weighted by atomic mass is 16.1. The summed E-state index contributed by atoms with van der Waals surface area (Å²) in [7, 11) is 1.85. The summed E-state index contributed by atoms with van der Waals surface area (Å²) in [6.45, 7) is 1.89. The van der Waals surface area contributed by atoms with Crippen LogP contribution in [0.2, 0.25) is 0 Å². The van der Waals surface area contributed by atoms with Gasteiger partial charge in [0.15, 0.2) is 0 Å². The van der Waals surface area contributed by atoms with Crippen molar-refractivity contribution in [2.45, 2.75) is 13.0 Å². The highest BCUT2D eigenvalue weighted by Crippen LogP contribution is 2.27. The molecule has 0 aliphatic rings. The molecule has 0 fully saturated rings. The van der Waals surface area contributed by atoms with Crippen LogP contribution in [-0.4, -0.2) is 16.6 Å². The lowest BCUT2D eigenvalue weighted by Crippen LogP contribution is -2.29. The van der Waals surface area contributed by atoms with Gasteiger partial charge >= 0.3 is 0 Å². The Labute approximate surface area is 158 Å². The lowest BCUT2D eigenvalue weighted by molar-refractivity contribution is 0.620. The van der Waals surface area contributed by atoms with E-state index in [0.717, 1.165) is 16.8 Å². The van der Waals surface area contributed by atoms with Gasteiger partial charge in [0.1, 0.15) is 5.82 Å². The van der Waals surface area contributed by atoms with Crippen LogP contribution in [0.1, 0.15) is 23.0 Å². The molecule has 0 atom stereocenters. The summed E-state index contributed by atoms with van der Waals surface area (Å²) >= 11 is 0. The zero-order valence-electron chi connectivity index (χ0n) is 15.4. The Morgan fingerprint density at radius 1 is 0.889 bits per heavy atom. The van der Waals surface area contributed by atoms with Crippen molar-refractivity contribution in [1.29, 1.82) is 0 Å². The average molecular weight is 355 g/mol. The fourth-order valence-electron chi connectivity index (χ4n) is 3.53. The lowest BCUT2D eigenvalue weighted by atomic mass is 9.98. The fraction of sp³-hybridized carbons (Fsp3) is 0.130. The molecule has 4 aromatic rings. The standard InChI is InChI=1S/C23H21N3O/c1-16-25-21-14-13-19(24-2)15-20(21)23(27)26(16)22(17-9-5-3-6-10-17)18-11-7-4-8-12-18/h3-15,22,24H,1-2H3. The number of aromatic nitrogens is 2. The monoisotopic (exact) mass is 355 g/mol. The predicted molar refractivity (Wildman–Crippen MR) is 110 cm³/mol. The number of nitrogens with one attached hydrogen (secondary N) is 1. The van der Waals surface area contributed by atoms with E-state index >= 15 is 0 Å². The lowest BCUT2D eigenvalue weighted by Gasteiger charge is -2.23. The number of hydrogen-bond donors (Lipinski definition) is 1. The molecule has 4 heteroatoms. The minimum absolute atomic E-state index is 0.0349. The van der Waals surface area contributed by atoms with Gasteiger partial charge in [-0.15, -0.1) is 0 Å². The molecule has 4 nitrogen and oxygen atoms in total. The smallest absolute Gasteiger partial charge is 0.262 e. The SMILES string of the molecule is CNc1ccc2nc(C)n(C(c3ccccc3)c3ccccc3)c(=O)c2c1. The van der Waals surface area contributed by atoms with Crippen molar-refractivity contribution in [3.05, 3.63) is 106 Å². The van der Waals surface area contributed by atoms with Gasteiger partial charge in [0.2, 0.25) is 0 Å². The Hall–Kier alpha value is -3.40. The number of hydrogen-bond acceptors (Lipinski definition) is 3. The van der Waals surface area contributed by atoms with Crippen molar-refractivity contribution >= 4 is 16.6 Å². The first-order chi connectivity index (χ1) is 13.2. The molecule has 0 amide bonds. The first kappa shape index (κ1) is 17.0. The maximum atomic E-state index is 13.5. The molecule has 1 heterocycles. The third kappa shape index (κ3) is 3.10. The van der Waals surface area contributed by atoms with Crippen molar-refractivity contribution < 1.29 is 0 Å². The van der Waals surface area contributed by atoms with Crippen LogP contribution in [0.5, 0.6) is 0 Å². The Balaban J connectivity index is 2.03. The van der Waals surface area contributed by atoms with Crippen molar-refractivity contribution in [2.75, 3.05) is 12.4 Å². The van der Waals surface area contributed by atoms with E-state index in [9.17, 15) is 4.79 Å². The largest absolute Gasteiger partial charge is 0.388 e. The molecule has 0 saturated carbocycles. The zero-order valence-corrected chi connectivity index (χ0v) is 15.4. The minimum atomic E-state index is -0.227. The number of benzene rings is 3. The Morgan fingerprint density at radius 2 is 1.48 bits per heavy atom. The first-order valence-electron chi connectivity index (χ1n) is 8.99. The predicted octanol–water partition coefficient (Wildman–Crippen LogP) is 4.38. The molecule has 4 rings (SSSR count). The van der Waals surface area contributed by atoms with Gasteiger partial charge in [-0.3, -0.25) is 9.36 Å². The van der Waals surface area contributed by atoms with Gasteiger partial charge in [0, 0.05) is 12.7 Å². The molecule has 0 saturated heterocycles. The molecule has 1 aromatic heterocycles. The third-order valence-corrected chi connectivity index (χ3v) is 4.85. The van der Waals surface area contributed by atoms with Crippen molar-refractivity contribution in [3.8, 4) is 0 Å². The second-order valence-electron chi connectivity index (χ2n) is 6.54. The van der Waals surface area contributed by atoms with Crippen molar-refractivity contribution in [2.24, 2.45) is 0 Å². The van der Waals surface area contributed by atoms with Gasteiger partial charge in [0.05, 0.1) is 16.9 Å². The summed E-state index contributed by atoms with van der Waals surface area (Å²) in [6.07, 6.45) is 0. The second-order valence-corrected chi connectivity index (χ2v) is 6.54. The van der Waals surface area contributed by atoms with Gasteiger partial charge in [-0.25, -0.2) is 4.98 Å². The zero-order chi connectivity index (χ0) is 18.8. The number of aryl methyl sites for hydroxylation is 1. The summed E-state index contributed by atoms with van der Waals surface area (Å²) < 4.78 is 1.80. The summed E-state index contributed by atoms with van der Waals surface area (Å²) in [5, 5.41) is 3.71. The molecular weight excluding hydrogens is 334 g/mol. The Morgan fingerprint density at radius 3 is 2.04 bits per heavy atom. The van der Waals surface area contributed by atoms with Crippen LogP contribution >= 0.6 is 0 Å². The molecule has 0 aliphatic carbocycles. The van der Waals surface area contributed by atoms with E-state index in [-0.39, 0.29) is 11.6 Å². The maximum Gasteiger partial charge on any atom is 0.262 e. The topological polar surface area (TPSA) is 46.9 Å². The number of nitrogens with zero attached hydrogens (tertiary/aromatic N) is 2. The highest BCUT2D eigenvalue weighted by molar-refractivity contribution is 5.81. The second kappa shape index (κ2) is 7.08. The first-order valence-corrected chi connectivity index (χ1v) is 8.99. The van der Waals surface area contributed by atoms with Gasteiger partial charge in [-0.2, -0.15) is 0 Å². The maximum absolute atomic E-state index is 13.5. The van der Waals surface area contributed by atoms with E-state index in [0.29, 0.717) is 16.7 Å². The minimum Gasteiger partial charge on any atom is -0.388 e. The average Bonchev–Trinajstić information content (AvgIpc) is 2.72. The molecule has 27 heavy (non-hydrogen) atoms. The summed E-state index contributed by atoms with van der Waals surface area (Å²) in [6, 6.07) is 25.6. The van der Waals surface area contributed by atoms with Crippen LogP contribution in [0.25, 0.3) is 10.9 Å². The van der Waals surface area contributed by atoms with Crippen molar-refractivity contribution in [1.82, 2.24) is 9.55 Å². The molecule has 0 radical (unpaired) electrons. The van der Waals surface area contributed by atoms with Crippen molar-refractivity contribution in [3.63, 3.8) is 0 Å². The van der Waals surface area contributed by atoms with Gasteiger partial charge in [-0.05, 0) is 36.2 Å². The van der Waals surface area contributed by atoms with E-state index in [2.05, 4.69) is 29.6 Å². The Kier molecular flexibility index (Phi) is 4.47. The molecule has 134 valence electrons. The van der Waals surface area contributed by atoms with E-state index in [4.69, 9.17) is 4.98 Å². The molecular formula is C23H21N3O. The van der Waals surface area contributed by atoms with Crippen LogP contribution in [-0.2, 0) is 0 Å². The molecule has 0 bridgehead atoms. The summed E-state index contributed by atoms with van der Waals surface area (Å²) in [4.78, 5) is 18.2. The van der Waals surface area contributed by atoms with Gasteiger partial charge in [-0.1, -0.05) is 60.7 Å². The normalized spacial score (nSPS) is 11.1. The molecule has 0 unspecified atom stereocenters. The van der Waals surface area contributed by atoms with E-state index in [1.165, 1.54) is 0 Å².